The fourth-order valence-corrected chi connectivity index (χ4v) is 2.34. The van der Waals surface area contributed by atoms with Crippen LogP contribution in [-0.2, 0) is 4.74 Å². The largest absolute Gasteiger partial charge is 0.417 e. The summed E-state index contributed by atoms with van der Waals surface area (Å²) in [7, 11) is 2.02. The third-order valence-corrected chi connectivity index (χ3v) is 3.34. The van der Waals surface area contributed by atoms with Crippen LogP contribution < -0.4 is 16.0 Å². The van der Waals surface area contributed by atoms with Crippen molar-refractivity contribution in [3.8, 4) is 0 Å². The Hall–Kier alpha value is -1.79. The Bertz CT molecular complexity index is 613. The molecule has 1 aromatic carbocycles. The van der Waals surface area contributed by atoms with Gasteiger partial charge in [0.15, 0.2) is 5.58 Å². The highest BCUT2D eigenvalue weighted by molar-refractivity contribution is 5.77. The molecule has 19 heavy (non-hydrogen) atoms. The second kappa shape index (κ2) is 5.07. The van der Waals surface area contributed by atoms with Crippen molar-refractivity contribution in [2.75, 3.05) is 38.3 Å². The van der Waals surface area contributed by atoms with Gasteiger partial charge in [0, 0.05) is 37.9 Å². The number of oxazole rings is 1. The predicted molar refractivity (Wildman–Crippen MR) is 72.7 cm³/mol. The van der Waals surface area contributed by atoms with E-state index in [9.17, 15) is 4.79 Å². The maximum Gasteiger partial charge on any atom is 0.417 e. The molecule has 0 radical (unpaired) electrons. The Labute approximate surface area is 110 Å². The summed E-state index contributed by atoms with van der Waals surface area (Å²) in [6.07, 6.45) is 0. The zero-order valence-electron chi connectivity index (χ0n) is 10.8. The normalized spacial score (nSPS) is 19.7. The molecule has 2 heterocycles. The maximum atomic E-state index is 11.1. The van der Waals surface area contributed by atoms with E-state index in [0.29, 0.717) is 11.6 Å². The number of aromatic amines is 1. The Balaban J connectivity index is 1.76. The van der Waals surface area contributed by atoms with Gasteiger partial charge >= 0.3 is 5.76 Å². The lowest BCUT2D eigenvalue weighted by Crippen LogP contribution is -2.47. The quantitative estimate of drug-likeness (QED) is 0.846. The SMILES string of the molecule is CN(CC1COCCN1)c1ccc2[nH]c(=O)oc2c1. The zero-order valence-corrected chi connectivity index (χ0v) is 10.8. The summed E-state index contributed by atoms with van der Waals surface area (Å²) < 4.78 is 10.5. The molecule has 0 amide bonds. The van der Waals surface area contributed by atoms with Gasteiger partial charge < -0.3 is 19.4 Å². The van der Waals surface area contributed by atoms with Crippen LogP contribution in [0.1, 0.15) is 0 Å². The van der Waals surface area contributed by atoms with Crippen molar-refractivity contribution < 1.29 is 9.15 Å². The van der Waals surface area contributed by atoms with Gasteiger partial charge in [-0.3, -0.25) is 4.98 Å². The molecular weight excluding hydrogens is 246 g/mol. The summed E-state index contributed by atoms with van der Waals surface area (Å²) in [5, 5.41) is 3.41. The molecule has 1 aliphatic rings. The third kappa shape index (κ3) is 2.64. The molecule has 2 N–H and O–H groups in total. The van der Waals surface area contributed by atoms with Gasteiger partial charge in [-0.25, -0.2) is 4.79 Å². The standard InChI is InChI=1S/C13H17N3O3/c1-16(7-9-8-18-5-4-14-9)10-2-3-11-12(6-10)19-13(17)15-11/h2-3,6,9,14H,4-5,7-8H2,1H3,(H,15,17). The van der Waals surface area contributed by atoms with Crippen LogP contribution >= 0.6 is 0 Å². The first kappa shape index (κ1) is 12.3. The average molecular weight is 263 g/mol. The molecule has 6 nitrogen and oxygen atoms in total. The molecule has 3 rings (SSSR count). The van der Waals surface area contributed by atoms with E-state index in [1.54, 1.807) is 0 Å². The second-order valence-electron chi connectivity index (χ2n) is 4.80. The van der Waals surface area contributed by atoms with Crippen molar-refractivity contribution in [1.82, 2.24) is 10.3 Å². The number of fused-ring (bicyclic) bond motifs is 1. The summed E-state index contributed by atoms with van der Waals surface area (Å²) in [4.78, 5) is 15.9. The average Bonchev–Trinajstić information content (AvgIpc) is 2.78. The number of rotatable bonds is 3. The summed E-state index contributed by atoms with van der Waals surface area (Å²) >= 11 is 0. The minimum absolute atomic E-state index is 0.327. The van der Waals surface area contributed by atoms with E-state index in [2.05, 4.69) is 15.2 Å². The third-order valence-electron chi connectivity index (χ3n) is 3.34. The van der Waals surface area contributed by atoms with Crippen molar-refractivity contribution in [2.24, 2.45) is 0 Å². The molecule has 0 aliphatic carbocycles. The van der Waals surface area contributed by atoms with Crippen molar-refractivity contribution in [3.05, 3.63) is 28.7 Å². The smallest absolute Gasteiger partial charge is 0.408 e. The number of nitrogens with zero attached hydrogens (tertiary/aromatic N) is 1. The molecule has 0 spiro atoms. The lowest BCUT2D eigenvalue weighted by Gasteiger charge is -2.29. The van der Waals surface area contributed by atoms with E-state index in [1.807, 2.05) is 25.2 Å². The summed E-state index contributed by atoms with van der Waals surface area (Å²) in [6, 6.07) is 6.03. The molecule has 6 heteroatoms. The van der Waals surface area contributed by atoms with Gasteiger partial charge in [0.05, 0.1) is 18.7 Å². The van der Waals surface area contributed by atoms with Gasteiger partial charge in [0.2, 0.25) is 0 Å². The van der Waals surface area contributed by atoms with Crippen molar-refractivity contribution in [1.29, 1.82) is 0 Å². The fourth-order valence-electron chi connectivity index (χ4n) is 2.34. The van der Waals surface area contributed by atoms with Crippen molar-refractivity contribution in [2.45, 2.75) is 6.04 Å². The molecule has 1 fully saturated rings. The number of likely N-dealkylation sites (N-methyl/N-ethyl adjacent to an activating group) is 1. The van der Waals surface area contributed by atoms with E-state index >= 15 is 0 Å². The van der Waals surface area contributed by atoms with E-state index < -0.39 is 5.76 Å². The van der Waals surface area contributed by atoms with Crippen LogP contribution in [0.5, 0.6) is 0 Å². The van der Waals surface area contributed by atoms with Crippen molar-refractivity contribution in [3.63, 3.8) is 0 Å². The Morgan fingerprint density at radius 1 is 1.47 bits per heavy atom. The van der Waals surface area contributed by atoms with E-state index in [-0.39, 0.29) is 0 Å². The molecule has 0 bridgehead atoms. The first-order chi connectivity index (χ1) is 9.22. The monoisotopic (exact) mass is 263 g/mol. The first-order valence-electron chi connectivity index (χ1n) is 6.37. The van der Waals surface area contributed by atoms with Crippen LogP contribution in [0.25, 0.3) is 11.1 Å². The lowest BCUT2D eigenvalue weighted by molar-refractivity contribution is 0.0791. The molecule has 1 atom stereocenters. The molecular formula is C13H17N3O3. The van der Waals surface area contributed by atoms with Crippen LogP contribution in [0.15, 0.2) is 27.4 Å². The van der Waals surface area contributed by atoms with E-state index in [1.165, 1.54) is 0 Å². The van der Waals surface area contributed by atoms with Gasteiger partial charge in [0.1, 0.15) is 0 Å². The molecule has 0 saturated carbocycles. The van der Waals surface area contributed by atoms with Gasteiger partial charge in [-0.15, -0.1) is 0 Å². The number of aromatic nitrogens is 1. The number of ether oxygens (including phenoxy) is 1. The maximum absolute atomic E-state index is 11.1. The molecule has 1 aromatic heterocycles. The zero-order chi connectivity index (χ0) is 13.2. The molecule has 2 aromatic rings. The van der Waals surface area contributed by atoms with Gasteiger partial charge in [-0.1, -0.05) is 0 Å². The molecule has 1 aliphatic heterocycles. The number of H-pyrrole nitrogens is 1. The van der Waals surface area contributed by atoms with Gasteiger partial charge in [-0.05, 0) is 12.1 Å². The van der Waals surface area contributed by atoms with Crippen LogP contribution in [-0.4, -0.2) is 44.4 Å². The number of anilines is 1. The number of hydrogen-bond donors (Lipinski definition) is 2. The van der Waals surface area contributed by atoms with Crippen LogP contribution in [0.3, 0.4) is 0 Å². The number of nitrogens with one attached hydrogen (secondary N) is 2. The number of hydrogen-bond acceptors (Lipinski definition) is 5. The van der Waals surface area contributed by atoms with E-state index in [4.69, 9.17) is 9.15 Å². The minimum Gasteiger partial charge on any atom is -0.408 e. The van der Waals surface area contributed by atoms with Gasteiger partial charge in [-0.2, -0.15) is 0 Å². The first-order valence-corrected chi connectivity index (χ1v) is 6.37. The highest BCUT2D eigenvalue weighted by atomic mass is 16.5. The highest BCUT2D eigenvalue weighted by Crippen LogP contribution is 2.19. The predicted octanol–water partition coefficient (Wildman–Crippen LogP) is 0.546. The minimum atomic E-state index is -0.419. The number of morpholine rings is 1. The Morgan fingerprint density at radius 2 is 2.37 bits per heavy atom. The van der Waals surface area contributed by atoms with Crippen molar-refractivity contribution >= 4 is 16.8 Å². The molecule has 1 saturated heterocycles. The highest BCUT2D eigenvalue weighted by Gasteiger charge is 2.15. The van der Waals surface area contributed by atoms with Crippen LogP contribution in [0.2, 0.25) is 0 Å². The summed E-state index contributed by atoms with van der Waals surface area (Å²) in [6.45, 7) is 3.25. The van der Waals surface area contributed by atoms with Gasteiger partial charge in [0.25, 0.3) is 0 Å². The number of benzene rings is 1. The Morgan fingerprint density at radius 3 is 3.16 bits per heavy atom. The second-order valence-corrected chi connectivity index (χ2v) is 4.80. The van der Waals surface area contributed by atoms with Crippen LogP contribution in [0.4, 0.5) is 5.69 Å². The molecule has 102 valence electrons. The topological polar surface area (TPSA) is 70.5 Å². The summed E-state index contributed by atoms with van der Waals surface area (Å²) in [5.74, 6) is -0.419. The fraction of sp³-hybridized carbons (Fsp3) is 0.462. The van der Waals surface area contributed by atoms with E-state index in [0.717, 1.165) is 37.5 Å². The lowest BCUT2D eigenvalue weighted by atomic mass is 10.2. The van der Waals surface area contributed by atoms with Crippen LogP contribution in [0, 0.1) is 0 Å². The summed E-state index contributed by atoms with van der Waals surface area (Å²) in [5.41, 5.74) is 2.33. The Kier molecular flexibility index (Phi) is 3.27. The molecule has 1 unspecified atom stereocenters.